The standard InChI is InChI=1S/C14H19N2O3PS/c1-3-10-21-20(17,18-4-2)19-14-11-15-16(12-14)13-8-6-5-7-9-13/h5-9,11-12H,3-4,10H2,1-2H3. The van der Waals surface area contributed by atoms with Crippen molar-refractivity contribution in [1.82, 2.24) is 9.78 Å². The summed E-state index contributed by atoms with van der Waals surface area (Å²) in [5.74, 6) is 1.17. The van der Waals surface area contributed by atoms with Gasteiger partial charge in [0.05, 0.1) is 24.7 Å². The monoisotopic (exact) mass is 326 g/mol. The molecule has 2 aromatic rings. The van der Waals surface area contributed by atoms with E-state index in [1.165, 1.54) is 11.4 Å². The zero-order valence-corrected chi connectivity index (χ0v) is 13.8. The molecule has 0 aliphatic carbocycles. The van der Waals surface area contributed by atoms with Gasteiger partial charge in [0.1, 0.15) is 0 Å². The van der Waals surface area contributed by atoms with E-state index < -0.39 is 6.80 Å². The van der Waals surface area contributed by atoms with Crippen molar-refractivity contribution in [2.45, 2.75) is 20.3 Å². The topological polar surface area (TPSA) is 53.4 Å². The van der Waals surface area contributed by atoms with Gasteiger partial charge >= 0.3 is 6.80 Å². The van der Waals surface area contributed by atoms with Crippen LogP contribution in [0.3, 0.4) is 0 Å². The van der Waals surface area contributed by atoms with Gasteiger partial charge in [-0.05, 0) is 36.9 Å². The number of benzene rings is 1. The lowest BCUT2D eigenvalue weighted by atomic mass is 10.3. The van der Waals surface area contributed by atoms with Gasteiger partial charge in [-0.2, -0.15) is 5.10 Å². The molecule has 5 nitrogen and oxygen atoms in total. The van der Waals surface area contributed by atoms with Crippen molar-refractivity contribution in [2.24, 2.45) is 0 Å². The van der Waals surface area contributed by atoms with Gasteiger partial charge in [-0.1, -0.05) is 25.1 Å². The van der Waals surface area contributed by atoms with E-state index in [0.29, 0.717) is 12.4 Å². The van der Waals surface area contributed by atoms with E-state index in [0.717, 1.165) is 17.9 Å². The summed E-state index contributed by atoms with van der Waals surface area (Å²) >= 11 is 1.22. The van der Waals surface area contributed by atoms with Gasteiger partial charge in [-0.25, -0.2) is 9.25 Å². The van der Waals surface area contributed by atoms with Gasteiger partial charge in [0.15, 0.2) is 5.75 Å². The van der Waals surface area contributed by atoms with Crippen molar-refractivity contribution in [3.05, 3.63) is 42.7 Å². The number of nitrogens with zero attached hydrogens (tertiary/aromatic N) is 2. The van der Waals surface area contributed by atoms with Crippen LogP contribution in [0.25, 0.3) is 5.69 Å². The summed E-state index contributed by atoms with van der Waals surface area (Å²) in [6.45, 7) is 1.00. The van der Waals surface area contributed by atoms with Gasteiger partial charge < -0.3 is 4.52 Å². The van der Waals surface area contributed by atoms with Crippen LogP contribution in [0.4, 0.5) is 0 Å². The molecule has 0 N–H and O–H groups in total. The molecule has 0 fully saturated rings. The third kappa shape index (κ3) is 4.63. The summed E-state index contributed by atoms with van der Waals surface area (Å²) in [6.07, 6.45) is 4.16. The van der Waals surface area contributed by atoms with Gasteiger partial charge in [0.25, 0.3) is 0 Å². The van der Waals surface area contributed by atoms with Crippen molar-refractivity contribution in [3.63, 3.8) is 0 Å². The summed E-state index contributed by atoms with van der Waals surface area (Å²) in [7, 11) is 0. The van der Waals surface area contributed by atoms with Gasteiger partial charge in [-0.15, -0.1) is 0 Å². The summed E-state index contributed by atoms with van der Waals surface area (Å²) in [6, 6.07) is 9.67. The Bertz CT molecular complexity index is 603. The first-order chi connectivity index (χ1) is 10.2. The van der Waals surface area contributed by atoms with Crippen molar-refractivity contribution in [1.29, 1.82) is 0 Å². The van der Waals surface area contributed by atoms with E-state index in [-0.39, 0.29) is 0 Å². The van der Waals surface area contributed by atoms with Crippen LogP contribution in [-0.4, -0.2) is 22.1 Å². The number of hydrogen-bond acceptors (Lipinski definition) is 5. The van der Waals surface area contributed by atoms with E-state index in [1.807, 2.05) is 37.3 Å². The maximum atomic E-state index is 12.6. The van der Waals surface area contributed by atoms with Crippen LogP contribution in [0.2, 0.25) is 0 Å². The zero-order chi connectivity index (χ0) is 15.1. The molecule has 0 aliphatic heterocycles. The van der Waals surface area contributed by atoms with Gasteiger partial charge in [0, 0.05) is 5.75 Å². The molecule has 2 rings (SSSR count). The first-order valence-electron chi connectivity index (χ1n) is 6.85. The lowest BCUT2D eigenvalue weighted by molar-refractivity contribution is 0.296. The van der Waals surface area contributed by atoms with Crippen LogP contribution < -0.4 is 4.52 Å². The van der Waals surface area contributed by atoms with Crippen molar-refractivity contribution >= 4 is 18.2 Å². The highest BCUT2D eigenvalue weighted by Crippen LogP contribution is 2.60. The maximum Gasteiger partial charge on any atom is 0.440 e. The van der Waals surface area contributed by atoms with E-state index in [9.17, 15) is 4.57 Å². The minimum Gasteiger partial charge on any atom is -0.414 e. The fourth-order valence-corrected chi connectivity index (χ4v) is 5.09. The third-order valence-corrected chi connectivity index (χ3v) is 6.49. The molecule has 1 heterocycles. The highest BCUT2D eigenvalue weighted by molar-refractivity contribution is 8.55. The van der Waals surface area contributed by atoms with E-state index >= 15 is 0 Å². The minimum atomic E-state index is -3.17. The quantitative estimate of drug-likeness (QED) is 0.667. The lowest BCUT2D eigenvalue weighted by Crippen LogP contribution is -1.96. The molecule has 0 radical (unpaired) electrons. The molecule has 7 heteroatoms. The normalized spacial score (nSPS) is 13.8. The minimum absolute atomic E-state index is 0.348. The maximum absolute atomic E-state index is 12.6. The van der Waals surface area contributed by atoms with Crippen LogP contribution in [-0.2, 0) is 9.09 Å². The van der Waals surface area contributed by atoms with Crippen molar-refractivity contribution in [2.75, 3.05) is 12.4 Å². The molecule has 1 atom stereocenters. The molecular formula is C14H19N2O3PS. The number of aromatic nitrogens is 2. The van der Waals surface area contributed by atoms with E-state index in [4.69, 9.17) is 9.05 Å². The Morgan fingerprint density at radius 1 is 1.29 bits per heavy atom. The van der Waals surface area contributed by atoms with Gasteiger partial charge in [0.2, 0.25) is 0 Å². The van der Waals surface area contributed by atoms with Crippen LogP contribution in [0.5, 0.6) is 5.75 Å². The van der Waals surface area contributed by atoms with Crippen molar-refractivity contribution in [3.8, 4) is 11.4 Å². The number of rotatable bonds is 8. The first-order valence-corrected chi connectivity index (χ1v) is 9.99. The van der Waals surface area contributed by atoms with Crippen molar-refractivity contribution < 1.29 is 13.6 Å². The molecule has 0 spiro atoms. The summed E-state index contributed by atoms with van der Waals surface area (Å²) in [5.41, 5.74) is 0.916. The Hall–Kier alpha value is -1.23. The second kappa shape index (κ2) is 7.69. The molecular weight excluding hydrogens is 307 g/mol. The summed E-state index contributed by atoms with van der Waals surface area (Å²) in [5, 5.41) is 4.22. The highest BCUT2D eigenvalue weighted by Gasteiger charge is 2.27. The van der Waals surface area contributed by atoms with E-state index in [1.54, 1.807) is 24.0 Å². The molecule has 0 amide bonds. The largest absolute Gasteiger partial charge is 0.440 e. The van der Waals surface area contributed by atoms with Crippen LogP contribution in [0.15, 0.2) is 42.7 Å². The number of hydrogen-bond donors (Lipinski definition) is 0. The Morgan fingerprint density at radius 2 is 2.05 bits per heavy atom. The average Bonchev–Trinajstić information content (AvgIpc) is 2.94. The second-order valence-corrected chi connectivity index (χ2v) is 8.36. The van der Waals surface area contributed by atoms with Crippen LogP contribution in [0, 0.1) is 0 Å². The summed E-state index contributed by atoms with van der Waals surface area (Å²) in [4.78, 5) is 0. The lowest BCUT2D eigenvalue weighted by Gasteiger charge is -2.15. The molecule has 1 aromatic heterocycles. The highest BCUT2D eigenvalue weighted by atomic mass is 32.7. The Morgan fingerprint density at radius 3 is 2.71 bits per heavy atom. The molecule has 0 saturated carbocycles. The average molecular weight is 326 g/mol. The second-order valence-electron chi connectivity index (χ2n) is 4.25. The molecule has 0 saturated heterocycles. The Balaban J connectivity index is 2.11. The molecule has 114 valence electrons. The van der Waals surface area contributed by atoms with Crippen LogP contribution in [0.1, 0.15) is 20.3 Å². The predicted octanol–water partition coefficient (Wildman–Crippen LogP) is 4.54. The molecule has 0 bridgehead atoms. The van der Waals surface area contributed by atoms with E-state index in [2.05, 4.69) is 5.10 Å². The van der Waals surface area contributed by atoms with Gasteiger partial charge in [-0.3, -0.25) is 4.52 Å². The smallest absolute Gasteiger partial charge is 0.414 e. The molecule has 1 unspecified atom stereocenters. The summed E-state index contributed by atoms with van der Waals surface area (Å²) < 4.78 is 25.1. The Kier molecular flexibility index (Phi) is 5.91. The fraction of sp³-hybridized carbons (Fsp3) is 0.357. The Labute approximate surface area is 128 Å². The predicted molar refractivity (Wildman–Crippen MR) is 86.2 cm³/mol. The molecule has 0 aliphatic rings. The van der Waals surface area contributed by atoms with Crippen LogP contribution >= 0.6 is 18.2 Å². The zero-order valence-electron chi connectivity index (χ0n) is 12.1. The molecule has 21 heavy (non-hydrogen) atoms. The third-order valence-electron chi connectivity index (χ3n) is 2.54. The SMILES string of the molecule is CCCSP(=O)(OCC)Oc1cnn(-c2ccccc2)c1. The number of para-hydroxylation sites is 1. The first kappa shape index (κ1) is 16.1. The molecule has 1 aromatic carbocycles. The fourth-order valence-electron chi connectivity index (χ4n) is 1.66.